The SMILES string of the molecule is Cc1cc(/C(O)=C2/C(=O)C(=O)N(Cc3ccccn3)C2c2ccncc2)ccc1F. The van der Waals surface area contributed by atoms with Crippen molar-refractivity contribution in [3.05, 3.63) is 101 Å². The van der Waals surface area contributed by atoms with Crippen molar-refractivity contribution in [3.8, 4) is 0 Å². The quantitative estimate of drug-likeness (QED) is 0.409. The maximum absolute atomic E-state index is 13.7. The van der Waals surface area contributed by atoms with Gasteiger partial charge in [0.25, 0.3) is 11.7 Å². The van der Waals surface area contributed by atoms with Gasteiger partial charge in [-0.2, -0.15) is 0 Å². The van der Waals surface area contributed by atoms with Gasteiger partial charge in [0, 0.05) is 24.2 Å². The molecule has 1 aromatic carbocycles. The number of aromatic nitrogens is 2. The third-order valence-electron chi connectivity index (χ3n) is 5.05. The van der Waals surface area contributed by atoms with Gasteiger partial charge in [-0.3, -0.25) is 19.6 Å². The van der Waals surface area contributed by atoms with Gasteiger partial charge in [0.2, 0.25) is 0 Å². The van der Waals surface area contributed by atoms with Crippen molar-refractivity contribution in [1.29, 1.82) is 0 Å². The first-order valence-corrected chi connectivity index (χ1v) is 9.32. The molecule has 0 spiro atoms. The second-order valence-electron chi connectivity index (χ2n) is 6.99. The first-order valence-electron chi connectivity index (χ1n) is 9.32. The van der Waals surface area contributed by atoms with Gasteiger partial charge in [0.05, 0.1) is 23.9 Å². The normalized spacial score (nSPS) is 18.1. The predicted molar refractivity (Wildman–Crippen MR) is 107 cm³/mol. The summed E-state index contributed by atoms with van der Waals surface area (Å²) in [6.07, 6.45) is 4.71. The van der Waals surface area contributed by atoms with Gasteiger partial charge >= 0.3 is 0 Å². The Bertz CT molecular complexity index is 1150. The van der Waals surface area contributed by atoms with Gasteiger partial charge in [-0.15, -0.1) is 0 Å². The van der Waals surface area contributed by atoms with Gasteiger partial charge in [-0.05, 0) is 60.5 Å². The highest BCUT2D eigenvalue weighted by Gasteiger charge is 2.46. The first kappa shape index (κ1) is 19.4. The summed E-state index contributed by atoms with van der Waals surface area (Å²) < 4.78 is 13.7. The largest absolute Gasteiger partial charge is 0.507 e. The van der Waals surface area contributed by atoms with Crippen molar-refractivity contribution < 1.29 is 19.1 Å². The standard InChI is InChI=1S/C23H18FN3O3/c1-14-12-16(5-6-18(14)24)21(28)19-20(15-7-10-25-11-8-15)27(23(30)22(19)29)13-17-4-2-3-9-26-17/h2-12,20,28H,13H2,1H3/b21-19-. The van der Waals surface area contributed by atoms with E-state index in [9.17, 15) is 19.1 Å². The lowest BCUT2D eigenvalue weighted by atomic mass is 9.95. The number of hydrogen-bond acceptors (Lipinski definition) is 5. The average molecular weight is 403 g/mol. The Morgan fingerprint density at radius 1 is 1.10 bits per heavy atom. The van der Waals surface area contributed by atoms with Crippen LogP contribution in [0.4, 0.5) is 4.39 Å². The molecule has 3 heterocycles. The zero-order valence-corrected chi connectivity index (χ0v) is 16.1. The van der Waals surface area contributed by atoms with Crippen LogP contribution in [0.15, 0.2) is 72.7 Å². The molecule has 6 nitrogen and oxygen atoms in total. The maximum atomic E-state index is 13.7. The van der Waals surface area contributed by atoms with Crippen LogP contribution in [0.25, 0.3) is 5.76 Å². The number of halogens is 1. The molecule has 7 heteroatoms. The van der Waals surface area contributed by atoms with Crippen molar-refractivity contribution in [2.24, 2.45) is 0 Å². The molecule has 0 aliphatic carbocycles. The smallest absolute Gasteiger partial charge is 0.296 e. The fraction of sp³-hybridized carbons (Fsp3) is 0.130. The Hall–Kier alpha value is -3.87. The number of benzene rings is 1. The fourth-order valence-electron chi connectivity index (χ4n) is 3.55. The molecule has 1 N–H and O–H groups in total. The van der Waals surface area contributed by atoms with Gasteiger partial charge in [-0.1, -0.05) is 6.07 Å². The van der Waals surface area contributed by atoms with E-state index in [0.29, 0.717) is 16.8 Å². The van der Waals surface area contributed by atoms with Crippen molar-refractivity contribution in [1.82, 2.24) is 14.9 Å². The summed E-state index contributed by atoms with van der Waals surface area (Å²) in [6, 6.07) is 11.9. The summed E-state index contributed by atoms with van der Waals surface area (Å²) >= 11 is 0. The lowest BCUT2D eigenvalue weighted by molar-refractivity contribution is -0.140. The Morgan fingerprint density at radius 2 is 1.87 bits per heavy atom. The van der Waals surface area contributed by atoms with Crippen LogP contribution in [0.5, 0.6) is 0 Å². The van der Waals surface area contributed by atoms with E-state index >= 15 is 0 Å². The number of hydrogen-bond donors (Lipinski definition) is 1. The number of pyridine rings is 2. The minimum Gasteiger partial charge on any atom is -0.507 e. The maximum Gasteiger partial charge on any atom is 0.296 e. The molecule has 3 aromatic rings. The number of aliphatic hydroxyl groups excluding tert-OH is 1. The molecular weight excluding hydrogens is 385 g/mol. The highest BCUT2D eigenvalue weighted by atomic mass is 19.1. The van der Waals surface area contributed by atoms with Crippen LogP contribution < -0.4 is 0 Å². The summed E-state index contributed by atoms with van der Waals surface area (Å²) in [7, 11) is 0. The summed E-state index contributed by atoms with van der Waals surface area (Å²) in [6.45, 7) is 1.66. The molecule has 4 rings (SSSR count). The third-order valence-corrected chi connectivity index (χ3v) is 5.05. The summed E-state index contributed by atoms with van der Waals surface area (Å²) in [5, 5.41) is 11.0. The van der Waals surface area contributed by atoms with Gasteiger partial charge in [0.1, 0.15) is 11.6 Å². The number of likely N-dealkylation sites (tertiary alicyclic amines) is 1. The van der Waals surface area contributed by atoms with E-state index in [-0.39, 0.29) is 23.4 Å². The van der Waals surface area contributed by atoms with E-state index in [1.807, 2.05) is 0 Å². The first-order chi connectivity index (χ1) is 14.5. The lowest BCUT2D eigenvalue weighted by Gasteiger charge is -2.25. The van der Waals surface area contributed by atoms with E-state index < -0.39 is 23.5 Å². The second-order valence-corrected chi connectivity index (χ2v) is 6.99. The van der Waals surface area contributed by atoms with Crippen molar-refractivity contribution in [2.75, 3.05) is 0 Å². The fourth-order valence-corrected chi connectivity index (χ4v) is 3.55. The van der Waals surface area contributed by atoms with Crippen molar-refractivity contribution >= 4 is 17.4 Å². The molecule has 1 unspecified atom stereocenters. The number of carbonyl (C=O) groups excluding carboxylic acids is 2. The van der Waals surface area contributed by atoms with E-state index in [4.69, 9.17) is 0 Å². The minimum absolute atomic E-state index is 0.0480. The molecule has 1 saturated heterocycles. The molecule has 1 aliphatic rings. The van der Waals surface area contributed by atoms with E-state index in [1.165, 1.54) is 23.1 Å². The van der Waals surface area contributed by atoms with E-state index in [2.05, 4.69) is 9.97 Å². The highest BCUT2D eigenvalue weighted by Crippen LogP contribution is 2.40. The summed E-state index contributed by atoms with van der Waals surface area (Å²) in [5.41, 5.74) is 1.77. The Labute approximate surface area is 172 Å². The number of aryl methyl sites for hydroxylation is 1. The summed E-state index contributed by atoms with van der Waals surface area (Å²) in [4.78, 5) is 35.4. The molecule has 1 fully saturated rings. The lowest BCUT2D eigenvalue weighted by Crippen LogP contribution is -2.29. The van der Waals surface area contributed by atoms with Crippen molar-refractivity contribution in [2.45, 2.75) is 19.5 Å². The van der Waals surface area contributed by atoms with E-state index in [1.54, 1.807) is 55.8 Å². The van der Waals surface area contributed by atoms with Crippen LogP contribution in [0.1, 0.15) is 28.4 Å². The Morgan fingerprint density at radius 3 is 2.53 bits per heavy atom. The number of Topliss-reactive ketones (excluding diaryl/α,β-unsaturated/α-hetero) is 1. The number of amides is 1. The Kier molecular flexibility index (Phi) is 5.10. The number of rotatable bonds is 4. The molecule has 30 heavy (non-hydrogen) atoms. The van der Waals surface area contributed by atoms with Crippen LogP contribution >= 0.6 is 0 Å². The number of aliphatic hydroxyl groups is 1. The molecule has 0 saturated carbocycles. The monoisotopic (exact) mass is 403 g/mol. The average Bonchev–Trinajstić information content (AvgIpc) is 3.01. The van der Waals surface area contributed by atoms with Gasteiger partial charge in [-0.25, -0.2) is 4.39 Å². The molecular formula is C23H18FN3O3. The van der Waals surface area contributed by atoms with Gasteiger partial charge in [0.15, 0.2) is 0 Å². The Balaban J connectivity index is 1.86. The molecule has 0 bridgehead atoms. The van der Waals surface area contributed by atoms with Crippen LogP contribution in [0.2, 0.25) is 0 Å². The minimum atomic E-state index is -0.819. The molecule has 150 valence electrons. The zero-order chi connectivity index (χ0) is 21.3. The number of carbonyl (C=O) groups is 2. The van der Waals surface area contributed by atoms with E-state index in [0.717, 1.165) is 0 Å². The molecule has 2 aromatic heterocycles. The number of nitrogens with zero attached hydrogens (tertiary/aromatic N) is 3. The van der Waals surface area contributed by atoms with Gasteiger partial charge < -0.3 is 10.0 Å². The molecule has 1 atom stereocenters. The topological polar surface area (TPSA) is 83.4 Å². The summed E-state index contributed by atoms with van der Waals surface area (Å²) in [5.74, 6) is -2.30. The molecule has 1 aliphatic heterocycles. The predicted octanol–water partition coefficient (Wildman–Crippen LogP) is 3.55. The van der Waals surface area contributed by atoms with Crippen LogP contribution in [0.3, 0.4) is 0 Å². The highest BCUT2D eigenvalue weighted by molar-refractivity contribution is 6.46. The number of ketones is 1. The third kappa shape index (κ3) is 3.45. The zero-order valence-electron chi connectivity index (χ0n) is 16.1. The molecule has 0 radical (unpaired) electrons. The van der Waals surface area contributed by atoms with Crippen LogP contribution in [-0.2, 0) is 16.1 Å². The van der Waals surface area contributed by atoms with Crippen LogP contribution in [-0.4, -0.2) is 31.7 Å². The molecule has 1 amide bonds. The van der Waals surface area contributed by atoms with Crippen LogP contribution in [0, 0.1) is 12.7 Å². The van der Waals surface area contributed by atoms with Crippen molar-refractivity contribution in [3.63, 3.8) is 0 Å². The second kappa shape index (κ2) is 7.87.